The van der Waals surface area contributed by atoms with Crippen molar-refractivity contribution in [3.63, 3.8) is 0 Å². The van der Waals surface area contributed by atoms with Crippen molar-refractivity contribution in [2.75, 3.05) is 0 Å². The predicted octanol–water partition coefficient (Wildman–Crippen LogP) is 4.86. The van der Waals surface area contributed by atoms with E-state index >= 15 is 0 Å². The number of hydrogen-bond acceptors (Lipinski definition) is 2. The van der Waals surface area contributed by atoms with Crippen molar-refractivity contribution < 1.29 is 0 Å². The van der Waals surface area contributed by atoms with Gasteiger partial charge in [0, 0.05) is 8.27 Å². The molecule has 0 amide bonds. The van der Waals surface area contributed by atoms with Crippen LogP contribution in [0.1, 0.15) is 22.7 Å². The molecule has 3 aromatic rings. The predicted molar refractivity (Wildman–Crippen MR) is 91.8 cm³/mol. The van der Waals surface area contributed by atoms with Crippen molar-refractivity contribution in [1.82, 2.24) is 0 Å². The first-order chi connectivity index (χ1) is 9.18. The van der Waals surface area contributed by atoms with Gasteiger partial charge in [-0.25, -0.2) is 0 Å². The Hall–Kier alpha value is -0.910. The van der Waals surface area contributed by atoms with Crippen molar-refractivity contribution in [2.45, 2.75) is 13.0 Å². The molecule has 1 heterocycles. The zero-order valence-electron chi connectivity index (χ0n) is 10.6. The topological polar surface area (TPSA) is 26.0 Å². The highest BCUT2D eigenvalue weighted by Gasteiger charge is 2.16. The van der Waals surface area contributed by atoms with Crippen LogP contribution in [0.3, 0.4) is 0 Å². The molecule has 0 radical (unpaired) electrons. The zero-order valence-corrected chi connectivity index (χ0v) is 13.5. The molecule has 1 unspecified atom stereocenters. The van der Waals surface area contributed by atoms with Gasteiger partial charge >= 0.3 is 0 Å². The molecule has 0 saturated carbocycles. The molecule has 3 heteroatoms. The highest BCUT2D eigenvalue weighted by atomic mass is 127. The van der Waals surface area contributed by atoms with Crippen LogP contribution < -0.4 is 5.73 Å². The molecule has 0 aliphatic carbocycles. The number of nitrogens with two attached hydrogens (primary N) is 1. The number of fused-ring (bicyclic) bond motifs is 1. The molecule has 3 rings (SSSR count). The van der Waals surface area contributed by atoms with Crippen LogP contribution in [0.4, 0.5) is 0 Å². The number of aryl methyl sites for hydroxylation is 1. The molecule has 2 N–H and O–H groups in total. The Morgan fingerprint density at radius 3 is 2.63 bits per heavy atom. The SMILES string of the molecule is Cc1cccc(C(N)c2cccc3ccsc23)c1I. The number of benzene rings is 2. The summed E-state index contributed by atoms with van der Waals surface area (Å²) in [6.45, 7) is 2.13. The van der Waals surface area contributed by atoms with E-state index in [9.17, 15) is 0 Å². The third-order valence-corrected chi connectivity index (χ3v) is 5.85. The largest absolute Gasteiger partial charge is 0.320 e. The summed E-state index contributed by atoms with van der Waals surface area (Å²) in [5.74, 6) is 0. The molecule has 0 saturated heterocycles. The standard InChI is InChI=1S/C16H14INS/c1-10-4-2-6-12(14(10)17)15(18)13-7-3-5-11-8-9-19-16(11)13/h2-9,15H,18H2,1H3. The van der Waals surface area contributed by atoms with Crippen molar-refractivity contribution in [3.05, 3.63) is 68.1 Å². The summed E-state index contributed by atoms with van der Waals surface area (Å²) in [6, 6.07) is 14.8. The van der Waals surface area contributed by atoms with Gasteiger partial charge in [0.05, 0.1) is 6.04 Å². The van der Waals surface area contributed by atoms with E-state index in [0.717, 1.165) is 0 Å². The molecule has 96 valence electrons. The van der Waals surface area contributed by atoms with Crippen LogP contribution in [0.25, 0.3) is 10.1 Å². The monoisotopic (exact) mass is 379 g/mol. The van der Waals surface area contributed by atoms with Crippen molar-refractivity contribution in [1.29, 1.82) is 0 Å². The molecule has 0 aliphatic heterocycles. The summed E-state index contributed by atoms with van der Waals surface area (Å²) in [6.07, 6.45) is 0. The molecular formula is C16H14INS. The fourth-order valence-corrected chi connectivity index (χ4v) is 3.99. The Morgan fingerprint density at radius 2 is 1.79 bits per heavy atom. The maximum Gasteiger partial charge on any atom is 0.0576 e. The van der Waals surface area contributed by atoms with Gasteiger partial charge in [0.25, 0.3) is 0 Å². The van der Waals surface area contributed by atoms with Gasteiger partial charge in [0.1, 0.15) is 0 Å². The van der Waals surface area contributed by atoms with Gasteiger partial charge in [-0.05, 0) is 63.0 Å². The molecule has 0 aliphatic rings. The number of hydrogen-bond donors (Lipinski definition) is 1. The van der Waals surface area contributed by atoms with Crippen LogP contribution in [-0.2, 0) is 0 Å². The molecule has 0 spiro atoms. The molecule has 0 fully saturated rings. The Bertz CT molecular complexity index is 732. The van der Waals surface area contributed by atoms with Crippen molar-refractivity contribution in [3.8, 4) is 0 Å². The molecule has 1 atom stereocenters. The molecule has 1 aromatic heterocycles. The average Bonchev–Trinajstić information content (AvgIpc) is 2.89. The highest BCUT2D eigenvalue weighted by molar-refractivity contribution is 14.1. The summed E-state index contributed by atoms with van der Waals surface area (Å²) in [4.78, 5) is 0. The van der Waals surface area contributed by atoms with Crippen LogP contribution >= 0.6 is 33.9 Å². The number of halogens is 1. The molecule has 1 nitrogen and oxygen atoms in total. The fraction of sp³-hybridized carbons (Fsp3) is 0.125. The first-order valence-corrected chi connectivity index (χ1v) is 8.11. The van der Waals surface area contributed by atoms with Crippen LogP contribution in [-0.4, -0.2) is 0 Å². The third kappa shape index (κ3) is 2.30. The fourth-order valence-electron chi connectivity index (χ4n) is 2.34. The first-order valence-electron chi connectivity index (χ1n) is 6.15. The van der Waals surface area contributed by atoms with E-state index in [0.29, 0.717) is 0 Å². The molecule has 2 aromatic carbocycles. The van der Waals surface area contributed by atoms with Gasteiger partial charge < -0.3 is 5.73 Å². The van der Waals surface area contributed by atoms with Gasteiger partial charge in [-0.2, -0.15) is 0 Å². The minimum Gasteiger partial charge on any atom is -0.320 e. The van der Waals surface area contributed by atoms with E-state index in [1.807, 2.05) is 0 Å². The lowest BCUT2D eigenvalue weighted by molar-refractivity contribution is 0.873. The highest BCUT2D eigenvalue weighted by Crippen LogP contribution is 2.33. The second-order valence-electron chi connectivity index (χ2n) is 4.64. The van der Waals surface area contributed by atoms with Gasteiger partial charge in [0.2, 0.25) is 0 Å². The maximum atomic E-state index is 6.51. The summed E-state index contributed by atoms with van der Waals surface area (Å²) >= 11 is 4.16. The van der Waals surface area contributed by atoms with Crippen molar-refractivity contribution >= 4 is 44.0 Å². The van der Waals surface area contributed by atoms with E-state index in [1.165, 1.54) is 30.3 Å². The van der Waals surface area contributed by atoms with Gasteiger partial charge in [0.15, 0.2) is 0 Å². The summed E-state index contributed by atoms with van der Waals surface area (Å²) in [5, 5.41) is 3.41. The minimum absolute atomic E-state index is 0.0610. The summed E-state index contributed by atoms with van der Waals surface area (Å²) in [7, 11) is 0. The third-order valence-electron chi connectivity index (χ3n) is 3.40. The number of rotatable bonds is 2. The lowest BCUT2D eigenvalue weighted by Gasteiger charge is -2.16. The smallest absolute Gasteiger partial charge is 0.0576 e. The number of thiophene rings is 1. The van der Waals surface area contributed by atoms with E-state index in [4.69, 9.17) is 5.73 Å². The summed E-state index contributed by atoms with van der Waals surface area (Å²) in [5.41, 5.74) is 10.2. The van der Waals surface area contributed by atoms with Crippen LogP contribution in [0, 0.1) is 10.5 Å². The molecule has 0 bridgehead atoms. The van der Waals surface area contributed by atoms with Gasteiger partial charge in [-0.15, -0.1) is 11.3 Å². The van der Waals surface area contributed by atoms with E-state index in [2.05, 4.69) is 77.4 Å². The van der Waals surface area contributed by atoms with E-state index < -0.39 is 0 Å². The minimum atomic E-state index is -0.0610. The van der Waals surface area contributed by atoms with E-state index in [-0.39, 0.29) is 6.04 Å². The first kappa shape index (κ1) is 13.1. The maximum absolute atomic E-state index is 6.51. The zero-order chi connectivity index (χ0) is 13.4. The average molecular weight is 379 g/mol. The summed E-state index contributed by atoms with van der Waals surface area (Å²) < 4.78 is 2.56. The van der Waals surface area contributed by atoms with Gasteiger partial charge in [-0.3, -0.25) is 0 Å². The quantitative estimate of drug-likeness (QED) is 0.633. The Labute approximate surface area is 130 Å². The second kappa shape index (κ2) is 5.23. The van der Waals surface area contributed by atoms with Crippen LogP contribution in [0.15, 0.2) is 47.8 Å². The Kier molecular flexibility index (Phi) is 3.60. The lowest BCUT2D eigenvalue weighted by Crippen LogP contribution is -2.13. The van der Waals surface area contributed by atoms with Crippen LogP contribution in [0.5, 0.6) is 0 Å². The molecular weight excluding hydrogens is 365 g/mol. The second-order valence-corrected chi connectivity index (χ2v) is 6.64. The Morgan fingerprint density at radius 1 is 1.05 bits per heavy atom. The van der Waals surface area contributed by atoms with E-state index in [1.54, 1.807) is 11.3 Å². The molecule has 19 heavy (non-hydrogen) atoms. The Balaban J connectivity index is 2.16. The van der Waals surface area contributed by atoms with Crippen LogP contribution in [0.2, 0.25) is 0 Å². The normalized spacial score (nSPS) is 12.8. The van der Waals surface area contributed by atoms with Crippen molar-refractivity contribution in [2.24, 2.45) is 5.73 Å². The lowest BCUT2D eigenvalue weighted by atomic mass is 9.97. The van der Waals surface area contributed by atoms with Gasteiger partial charge in [-0.1, -0.05) is 36.4 Å².